The van der Waals surface area contributed by atoms with E-state index in [-0.39, 0.29) is 12.1 Å². The van der Waals surface area contributed by atoms with Gasteiger partial charge in [0.1, 0.15) is 0 Å². The molecule has 0 saturated heterocycles. The van der Waals surface area contributed by atoms with E-state index in [1.165, 1.54) is 12.1 Å². The Bertz CT molecular complexity index is 954. The number of alkyl halides is 3. The first-order chi connectivity index (χ1) is 12.5. The molecule has 6 heteroatoms. The summed E-state index contributed by atoms with van der Waals surface area (Å²) in [7, 11) is 0. The number of para-hydroxylation sites is 1. The molecule has 0 aliphatic carbocycles. The Balaban J connectivity index is 1.53. The molecule has 4 rings (SSSR count). The van der Waals surface area contributed by atoms with Gasteiger partial charge >= 0.3 is 6.18 Å². The minimum absolute atomic E-state index is 0.109. The predicted octanol–water partition coefficient (Wildman–Crippen LogP) is 6.53. The van der Waals surface area contributed by atoms with Gasteiger partial charge in [-0.25, -0.2) is 0 Å². The van der Waals surface area contributed by atoms with E-state index in [0.717, 1.165) is 32.9 Å². The Morgan fingerprint density at radius 3 is 2.42 bits per heavy atom. The lowest BCUT2D eigenvalue weighted by molar-refractivity contribution is -0.138. The quantitative estimate of drug-likeness (QED) is 0.428. The van der Waals surface area contributed by atoms with Crippen LogP contribution in [0, 0.1) is 0 Å². The van der Waals surface area contributed by atoms with Gasteiger partial charge in [-0.15, -0.1) is 0 Å². The van der Waals surface area contributed by atoms with Gasteiger partial charge in [-0.1, -0.05) is 42.1 Å². The second-order valence-corrected chi connectivity index (χ2v) is 7.03. The zero-order valence-electron chi connectivity index (χ0n) is 13.6. The number of anilines is 3. The molecular weight excluding hydrogens is 357 g/mol. The maximum atomic E-state index is 13.1. The third kappa shape index (κ3) is 3.37. The highest BCUT2D eigenvalue weighted by molar-refractivity contribution is 7.99. The third-order valence-electron chi connectivity index (χ3n) is 4.16. The van der Waals surface area contributed by atoms with Crippen molar-refractivity contribution in [1.82, 2.24) is 0 Å². The Morgan fingerprint density at radius 2 is 1.58 bits per heavy atom. The maximum absolute atomic E-state index is 13.1. The molecule has 0 spiro atoms. The molecule has 0 radical (unpaired) electrons. The molecule has 26 heavy (non-hydrogen) atoms. The first-order valence-electron chi connectivity index (χ1n) is 8.08. The highest BCUT2D eigenvalue weighted by atomic mass is 32.2. The Kier molecular flexibility index (Phi) is 4.28. The van der Waals surface area contributed by atoms with Crippen molar-refractivity contribution in [2.75, 3.05) is 10.6 Å². The number of rotatable bonds is 3. The molecule has 1 heterocycles. The van der Waals surface area contributed by atoms with E-state index in [1.54, 1.807) is 17.8 Å². The van der Waals surface area contributed by atoms with Crippen LogP contribution in [0.4, 0.5) is 30.2 Å². The maximum Gasteiger partial charge on any atom is 0.416 e. The van der Waals surface area contributed by atoms with Crippen molar-refractivity contribution in [1.29, 1.82) is 0 Å². The molecule has 0 bridgehead atoms. The molecule has 0 fully saturated rings. The van der Waals surface area contributed by atoms with E-state index >= 15 is 0 Å². The topological polar surface area (TPSA) is 24.1 Å². The first-order valence-corrected chi connectivity index (χ1v) is 8.89. The highest BCUT2D eigenvalue weighted by Gasteiger charge is 2.32. The fraction of sp³-hybridized carbons (Fsp3) is 0.100. The molecule has 0 atom stereocenters. The summed E-state index contributed by atoms with van der Waals surface area (Å²) in [5, 5.41) is 6.47. The second-order valence-electron chi connectivity index (χ2n) is 5.94. The third-order valence-corrected chi connectivity index (χ3v) is 5.31. The zero-order chi connectivity index (χ0) is 18.1. The fourth-order valence-corrected chi connectivity index (χ4v) is 3.87. The van der Waals surface area contributed by atoms with E-state index < -0.39 is 11.7 Å². The summed E-state index contributed by atoms with van der Waals surface area (Å²) < 4.78 is 39.3. The zero-order valence-corrected chi connectivity index (χ0v) is 14.4. The molecule has 3 aromatic carbocycles. The van der Waals surface area contributed by atoms with Crippen molar-refractivity contribution in [2.45, 2.75) is 22.5 Å². The van der Waals surface area contributed by atoms with Gasteiger partial charge in [0.05, 0.1) is 16.9 Å². The van der Waals surface area contributed by atoms with Crippen molar-refractivity contribution in [3.05, 3.63) is 77.9 Å². The molecule has 132 valence electrons. The van der Waals surface area contributed by atoms with Crippen LogP contribution in [0.25, 0.3) is 0 Å². The lowest BCUT2D eigenvalue weighted by atomic mass is 10.1. The molecule has 0 aromatic heterocycles. The van der Waals surface area contributed by atoms with Crippen LogP contribution >= 0.6 is 11.8 Å². The average molecular weight is 372 g/mol. The van der Waals surface area contributed by atoms with Crippen LogP contribution in [0.5, 0.6) is 0 Å². The number of hydrogen-bond acceptors (Lipinski definition) is 3. The lowest BCUT2D eigenvalue weighted by Gasteiger charge is -2.21. The van der Waals surface area contributed by atoms with Crippen molar-refractivity contribution < 1.29 is 13.2 Å². The molecule has 1 aliphatic rings. The fourth-order valence-electron chi connectivity index (χ4n) is 2.90. The molecule has 1 aliphatic heterocycles. The average Bonchev–Trinajstić information content (AvgIpc) is 2.64. The summed E-state index contributed by atoms with van der Waals surface area (Å²) in [5.74, 6) is 0. The predicted molar refractivity (Wildman–Crippen MR) is 99.1 cm³/mol. The minimum Gasteiger partial charge on any atom is -0.381 e. The number of hydrogen-bond donors (Lipinski definition) is 2. The van der Waals surface area contributed by atoms with Crippen LogP contribution in [0.1, 0.15) is 11.1 Å². The van der Waals surface area contributed by atoms with Gasteiger partial charge in [-0.3, -0.25) is 0 Å². The van der Waals surface area contributed by atoms with E-state index in [9.17, 15) is 13.2 Å². The van der Waals surface area contributed by atoms with Gasteiger partial charge in [-0.05, 0) is 42.0 Å². The normalized spacial score (nSPS) is 12.7. The minimum atomic E-state index is -4.35. The number of benzene rings is 3. The largest absolute Gasteiger partial charge is 0.416 e. The summed E-state index contributed by atoms with van der Waals surface area (Å²) in [4.78, 5) is 2.24. The molecule has 0 amide bonds. The standard InChI is InChI=1S/C20H15F3N2S/c21-20(22,23)15-6-2-1-5-13(15)12-24-14-9-10-19-17(11-14)25-16-7-3-4-8-18(16)26-19/h1-11,24-25H,12H2. The van der Waals surface area contributed by atoms with Gasteiger partial charge in [0, 0.05) is 22.0 Å². The summed E-state index contributed by atoms with van der Waals surface area (Å²) in [5.41, 5.74) is 2.37. The van der Waals surface area contributed by atoms with Crippen LogP contribution < -0.4 is 10.6 Å². The van der Waals surface area contributed by atoms with Crippen molar-refractivity contribution >= 4 is 28.8 Å². The molecule has 3 aromatic rings. The number of halogens is 3. The van der Waals surface area contributed by atoms with Crippen molar-refractivity contribution in [2.24, 2.45) is 0 Å². The van der Waals surface area contributed by atoms with Crippen LogP contribution in [0.2, 0.25) is 0 Å². The second kappa shape index (κ2) is 6.61. The van der Waals surface area contributed by atoms with Crippen LogP contribution in [0.15, 0.2) is 76.5 Å². The van der Waals surface area contributed by atoms with E-state index in [2.05, 4.69) is 16.7 Å². The summed E-state index contributed by atoms with van der Waals surface area (Å²) in [6, 6.07) is 19.4. The van der Waals surface area contributed by atoms with E-state index in [1.807, 2.05) is 36.4 Å². The molecule has 0 saturated carbocycles. The summed E-state index contributed by atoms with van der Waals surface area (Å²) in [6.45, 7) is 0.109. The van der Waals surface area contributed by atoms with Crippen molar-refractivity contribution in [3.8, 4) is 0 Å². The number of fused-ring (bicyclic) bond motifs is 2. The monoisotopic (exact) mass is 372 g/mol. The highest BCUT2D eigenvalue weighted by Crippen LogP contribution is 2.44. The van der Waals surface area contributed by atoms with Gasteiger partial charge in [0.2, 0.25) is 0 Å². The van der Waals surface area contributed by atoms with Crippen LogP contribution in [-0.2, 0) is 12.7 Å². The molecule has 2 N–H and O–H groups in total. The lowest BCUT2D eigenvalue weighted by Crippen LogP contribution is -2.11. The SMILES string of the molecule is FC(F)(F)c1ccccc1CNc1ccc2c(c1)Nc1ccccc1S2. The van der Waals surface area contributed by atoms with Crippen LogP contribution in [-0.4, -0.2) is 0 Å². The smallest absolute Gasteiger partial charge is 0.381 e. The van der Waals surface area contributed by atoms with E-state index in [4.69, 9.17) is 0 Å². The van der Waals surface area contributed by atoms with Gasteiger partial charge < -0.3 is 10.6 Å². The Labute approximate surface area is 153 Å². The Hall–Kier alpha value is -2.60. The summed E-state index contributed by atoms with van der Waals surface area (Å²) in [6.07, 6.45) is -4.35. The molecule has 0 unspecified atom stereocenters. The van der Waals surface area contributed by atoms with E-state index in [0.29, 0.717) is 0 Å². The van der Waals surface area contributed by atoms with Gasteiger partial charge in [-0.2, -0.15) is 13.2 Å². The summed E-state index contributed by atoms with van der Waals surface area (Å²) >= 11 is 1.67. The van der Waals surface area contributed by atoms with Gasteiger partial charge in [0.25, 0.3) is 0 Å². The first kappa shape index (κ1) is 16.8. The van der Waals surface area contributed by atoms with Crippen LogP contribution in [0.3, 0.4) is 0 Å². The number of nitrogens with one attached hydrogen (secondary N) is 2. The molecular formula is C20H15F3N2S. The molecule has 2 nitrogen and oxygen atoms in total. The Morgan fingerprint density at radius 1 is 0.846 bits per heavy atom. The van der Waals surface area contributed by atoms with Crippen molar-refractivity contribution in [3.63, 3.8) is 0 Å². The van der Waals surface area contributed by atoms with Gasteiger partial charge in [0.15, 0.2) is 0 Å².